The Labute approximate surface area is 115 Å². The summed E-state index contributed by atoms with van der Waals surface area (Å²) >= 11 is 7.74. The van der Waals surface area contributed by atoms with Crippen molar-refractivity contribution in [3.63, 3.8) is 0 Å². The summed E-state index contributed by atoms with van der Waals surface area (Å²) in [5.74, 6) is 0. The van der Waals surface area contributed by atoms with Gasteiger partial charge in [0.1, 0.15) is 0 Å². The van der Waals surface area contributed by atoms with E-state index in [1.54, 1.807) is 23.5 Å². The maximum Gasteiger partial charge on any atom is 0.0992 e. The topological polar surface area (TPSA) is 39.9 Å². The minimum atomic E-state index is 0.589. The average molecular weight is 278 g/mol. The highest BCUT2D eigenvalue weighted by Crippen LogP contribution is 2.19. The molecule has 1 heterocycles. The lowest BCUT2D eigenvalue weighted by molar-refractivity contribution is 0.316. The van der Waals surface area contributed by atoms with Crippen LogP contribution < -0.4 is 0 Å². The number of halogens is 1. The molecule has 0 amide bonds. The molecule has 3 nitrogen and oxygen atoms in total. The molecular weight excluding hydrogens is 266 g/mol. The molecular formula is C13H12ClN3S. The first-order valence-electron chi connectivity index (χ1n) is 5.43. The van der Waals surface area contributed by atoms with Crippen molar-refractivity contribution in [1.29, 1.82) is 5.26 Å². The minimum absolute atomic E-state index is 0.589. The third kappa shape index (κ3) is 3.30. The largest absolute Gasteiger partial charge is 0.296 e. The standard InChI is InChI=1S/C13H12ClN3S/c1-17(7-12-8-18-9-16-12)6-11-3-2-10(5-15)4-13(11)14/h2-4,8-9H,6-7H2,1H3. The molecule has 0 saturated carbocycles. The molecule has 0 aliphatic carbocycles. The number of rotatable bonds is 4. The molecule has 1 aromatic carbocycles. The normalized spacial score (nSPS) is 10.6. The Bertz CT molecular complexity index is 560. The summed E-state index contributed by atoms with van der Waals surface area (Å²) in [6.07, 6.45) is 0. The second-order valence-corrected chi connectivity index (χ2v) is 5.20. The van der Waals surface area contributed by atoms with Crippen LogP contribution in [0.1, 0.15) is 16.8 Å². The van der Waals surface area contributed by atoms with Gasteiger partial charge in [0.25, 0.3) is 0 Å². The van der Waals surface area contributed by atoms with E-state index in [4.69, 9.17) is 16.9 Å². The van der Waals surface area contributed by atoms with Crippen LogP contribution in [0.3, 0.4) is 0 Å². The number of benzene rings is 1. The first-order chi connectivity index (χ1) is 8.69. The van der Waals surface area contributed by atoms with Crippen LogP contribution in [0.25, 0.3) is 0 Å². The van der Waals surface area contributed by atoms with Gasteiger partial charge in [-0.3, -0.25) is 4.90 Å². The van der Waals surface area contributed by atoms with Gasteiger partial charge in [-0.15, -0.1) is 11.3 Å². The van der Waals surface area contributed by atoms with Crippen molar-refractivity contribution in [3.05, 3.63) is 50.9 Å². The fourth-order valence-corrected chi connectivity index (χ4v) is 2.47. The molecule has 1 aromatic heterocycles. The lowest BCUT2D eigenvalue weighted by atomic mass is 10.1. The van der Waals surface area contributed by atoms with Crippen molar-refractivity contribution in [2.45, 2.75) is 13.1 Å². The molecule has 18 heavy (non-hydrogen) atoms. The zero-order chi connectivity index (χ0) is 13.0. The highest BCUT2D eigenvalue weighted by molar-refractivity contribution is 7.07. The Morgan fingerprint density at radius 2 is 2.28 bits per heavy atom. The Morgan fingerprint density at radius 3 is 2.89 bits per heavy atom. The molecule has 0 radical (unpaired) electrons. The van der Waals surface area contributed by atoms with Crippen LogP contribution >= 0.6 is 22.9 Å². The molecule has 0 bridgehead atoms. The Balaban J connectivity index is 2.03. The zero-order valence-electron chi connectivity index (χ0n) is 9.93. The van der Waals surface area contributed by atoms with Gasteiger partial charge < -0.3 is 0 Å². The fraction of sp³-hybridized carbons (Fsp3) is 0.231. The monoisotopic (exact) mass is 277 g/mol. The van der Waals surface area contributed by atoms with Crippen LogP contribution in [0.5, 0.6) is 0 Å². The first-order valence-corrected chi connectivity index (χ1v) is 6.75. The molecule has 0 aliphatic heterocycles. The highest BCUT2D eigenvalue weighted by Gasteiger charge is 2.07. The Morgan fingerprint density at radius 1 is 1.44 bits per heavy atom. The number of hydrogen-bond acceptors (Lipinski definition) is 4. The molecule has 0 saturated heterocycles. The van der Waals surface area contributed by atoms with Crippen LogP contribution in [0.2, 0.25) is 5.02 Å². The number of nitrogens with zero attached hydrogens (tertiary/aromatic N) is 3. The summed E-state index contributed by atoms with van der Waals surface area (Å²) in [6, 6.07) is 7.47. The second-order valence-electron chi connectivity index (χ2n) is 4.07. The summed E-state index contributed by atoms with van der Waals surface area (Å²) < 4.78 is 0. The van der Waals surface area contributed by atoms with E-state index in [0.717, 1.165) is 24.3 Å². The Kier molecular flexibility index (Phi) is 4.32. The van der Waals surface area contributed by atoms with Gasteiger partial charge in [0.2, 0.25) is 0 Å². The zero-order valence-corrected chi connectivity index (χ0v) is 11.5. The summed E-state index contributed by atoms with van der Waals surface area (Å²) in [6.45, 7) is 1.53. The summed E-state index contributed by atoms with van der Waals surface area (Å²) in [5, 5.41) is 11.5. The molecule has 0 aliphatic rings. The SMILES string of the molecule is CN(Cc1cscn1)Cc1ccc(C#N)cc1Cl. The average Bonchev–Trinajstić information content (AvgIpc) is 2.84. The molecule has 2 aromatic rings. The van der Waals surface area contributed by atoms with E-state index in [-0.39, 0.29) is 0 Å². The van der Waals surface area contributed by atoms with Gasteiger partial charge in [-0.2, -0.15) is 5.26 Å². The van der Waals surface area contributed by atoms with Crippen molar-refractivity contribution >= 4 is 22.9 Å². The van der Waals surface area contributed by atoms with Gasteiger partial charge in [0.05, 0.1) is 22.8 Å². The number of hydrogen-bond donors (Lipinski definition) is 0. The summed E-state index contributed by atoms with van der Waals surface area (Å²) in [4.78, 5) is 6.39. The van der Waals surface area contributed by atoms with E-state index in [2.05, 4.69) is 16.0 Å². The van der Waals surface area contributed by atoms with Gasteiger partial charge in [-0.1, -0.05) is 17.7 Å². The van der Waals surface area contributed by atoms with E-state index in [0.29, 0.717) is 10.6 Å². The van der Waals surface area contributed by atoms with Crippen molar-refractivity contribution < 1.29 is 0 Å². The predicted molar refractivity (Wildman–Crippen MR) is 73.5 cm³/mol. The van der Waals surface area contributed by atoms with Gasteiger partial charge in [0.15, 0.2) is 0 Å². The predicted octanol–water partition coefficient (Wildman–Crippen LogP) is 3.30. The lowest BCUT2D eigenvalue weighted by Crippen LogP contribution is -2.17. The summed E-state index contributed by atoms with van der Waals surface area (Å²) in [5.41, 5.74) is 4.50. The molecule has 2 rings (SSSR count). The van der Waals surface area contributed by atoms with Crippen molar-refractivity contribution in [2.75, 3.05) is 7.05 Å². The third-order valence-corrected chi connectivity index (χ3v) is 3.52. The molecule has 0 unspecified atom stereocenters. The Hall–Kier alpha value is -1.41. The summed E-state index contributed by atoms with van der Waals surface area (Å²) in [7, 11) is 2.02. The van der Waals surface area contributed by atoms with Crippen LogP contribution in [0.4, 0.5) is 0 Å². The maximum absolute atomic E-state index is 8.78. The van der Waals surface area contributed by atoms with Crippen molar-refractivity contribution in [3.8, 4) is 6.07 Å². The second kappa shape index (κ2) is 5.96. The quantitative estimate of drug-likeness (QED) is 0.861. The smallest absolute Gasteiger partial charge is 0.0992 e. The van der Waals surface area contributed by atoms with Gasteiger partial charge >= 0.3 is 0 Å². The van der Waals surface area contributed by atoms with Crippen LogP contribution in [0, 0.1) is 11.3 Å². The van der Waals surface area contributed by atoms with E-state index in [9.17, 15) is 0 Å². The van der Waals surface area contributed by atoms with E-state index >= 15 is 0 Å². The molecule has 0 spiro atoms. The van der Waals surface area contributed by atoms with E-state index in [1.165, 1.54) is 0 Å². The molecule has 0 fully saturated rings. The van der Waals surface area contributed by atoms with Gasteiger partial charge in [-0.25, -0.2) is 4.98 Å². The minimum Gasteiger partial charge on any atom is -0.296 e. The number of nitriles is 1. The van der Waals surface area contributed by atoms with Crippen molar-refractivity contribution in [2.24, 2.45) is 0 Å². The number of thiazole rings is 1. The number of aromatic nitrogens is 1. The van der Waals surface area contributed by atoms with E-state index < -0.39 is 0 Å². The van der Waals surface area contributed by atoms with Crippen LogP contribution in [-0.2, 0) is 13.1 Å². The molecule has 0 atom stereocenters. The molecule has 0 N–H and O–H groups in total. The first kappa shape index (κ1) is 13.0. The third-order valence-electron chi connectivity index (χ3n) is 2.54. The van der Waals surface area contributed by atoms with Gasteiger partial charge in [-0.05, 0) is 24.7 Å². The maximum atomic E-state index is 8.78. The van der Waals surface area contributed by atoms with Crippen LogP contribution in [-0.4, -0.2) is 16.9 Å². The lowest BCUT2D eigenvalue weighted by Gasteiger charge is -2.16. The molecule has 92 valence electrons. The van der Waals surface area contributed by atoms with Crippen molar-refractivity contribution in [1.82, 2.24) is 9.88 Å². The van der Waals surface area contributed by atoms with Gasteiger partial charge in [0, 0.05) is 23.5 Å². The fourth-order valence-electron chi connectivity index (χ4n) is 1.68. The molecule has 5 heteroatoms. The highest BCUT2D eigenvalue weighted by atomic mass is 35.5. The van der Waals surface area contributed by atoms with E-state index in [1.807, 2.05) is 24.0 Å². The van der Waals surface area contributed by atoms with Crippen LogP contribution in [0.15, 0.2) is 29.1 Å².